The third kappa shape index (κ3) is 2.40. The Bertz CT molecular complexity index is 653. The van der Waals surface area contributed by atoms with Crippen molar-refractivity contribution in [2.45, 2.75) is 26.4 Å². The molecule has 5 nitrogen and oxygen atoms in total. The second-order valence-corrected chi connectivity index (χ2v) is 5.56. The van der Waals surface area contributed by atoms with Crippen molar-refractivity contribution in [3.05, 3.63) is 29.8 Å². The van der Waals surface area contributed by atoms with Crippen LogP contribution < -0.4 is 10.1 Å². The van der Waals surface area contributed by atoms with Crippen LogP contribution in [0, 0.1) is 11.7 Å². The van der Waals surface area contributed by atoms with Crippen LogP contribution in [0.4, 0.5) is 4.39 Å². The molecule has 0 saturated carbocycles. The van der Waals surface area contributed by atoms with E-state index in [1.165, 1.54) is 13.2 Å². The Kier molecular flexibility index (Phi) is 3.63. The van der Waals surface area contributed by atoms with Gasteiger partial charge in [-0.1, -0.05) is 13.8 Å². The van der Waals surface area contributed by atoms with Gasteiger partial charge in [0.1, 0.15) is 11.6 Å². The Morgan fingerprint density at radius 3 is 2.86 bits per heavy atom. The highest BCUT2D eigenvalue weighted by Gasteiger charge is 2.28. The van der Waals surface area contributed by atoms with E-state index in [1.807, 2.05) is 4.57 Å². The van der Waals surface area contributed by atoms with Crippen molar-refractivity contribution in [3.63, 3.8) is 0 Å². The van der Waals surface area contributed by atoms with Gasteiger partial charge in [0.15, 0.2) is 11.6 Å². The van der Waals surface area contributed by atoms with E-state index in [4.69, 9.17) is 4.74 Å². The number of nitrogens with one attached hydrogen (secondary N) is 1. The number of aromatic nitrogens is 3. The molecule has 0 fully saturated rings. The van der Waals surface area contributed by atoms with Crippen LogP contribution in [0.15, 0.2) is 18.2 Å². The standard InChI is InChI=1S/C15H19FN4O/c1-9(2)13-15-19-18-14(20(15)7-6-17-13)11-5-4-10(21-3)8-12(11)16/h4-5,8-9,13,17H,6-7H2,1-3H3. The van der Waals surface area contributed by atoms with Crippen LogP contribution in [-0.2, 0) is 6.54 Å². The fraction of sp³-hybridized carbons (Fsp3) is 0.467. The summed E-state index contributed by atoms with van der Waals surface area (Å²) in [6.07, 6.45) is 0. The molecule has 1 atom stereocenters. The molecule has 112 valence electrons. The number of hydrogen-bond acceptors (Lipinski definition) is 4. The van der Waals surface area contributed by atoms with Crippen LogP contribution >= 0.6 is 0 Å². The monoisotopic (exact) mass is 290 g/mol. The molecular weight excluding hydrogens is 271 g/mol. The molecule has 1 aliphatic rings. The van der Waals surface area contributed by atoms with Gasteiger partial charge in [-0.05, 0) is 18.1 Å². The SMILES string of the molecule is COc1ccc(-c2nnc3n2CCNC3C(C)C)c(F)c1. The van der Waals surface area contributed by atoms with Gasteiger partial charge in [-0.3, -0.25) is 0 Å². The highest BCUT2D eigenvalue weighted by molar-refractivity contribution is 5.58. The maximum atomic E-state index is 14.2. The zero-order valence-corrected chi connectivity index (χ0v) is 12.4. The van der Waals surface area contributed by atoms with Crippen molar-refractivity contribution in [1.82, 2.24) is 20.1 Å². The summed E-state index contributed by atoms with van der Waals surface area (Å²) in [5.41, 5.74) is 0.457. The molecule has 1 aromatic heterocycles. The molecule has 3 rings (SSSR count). The van der Waals surface area contributed by atoms with Gasteiger partial charge in [-0.2, -0.15) is 0 Å². The van der Waals surface area contributed by atoms with E-state index < -0.39 is 0 Å². The summed E-state index contributed by atoms with van der Waals surface area (Å²) in [5.74, 6) is 2.01. The van der Waals surface area contributed by atoms with Crippen molar-refractivity contribution in [1.29, 1.82) is 0 Å². The molecule has 21 heavy (non-hydrogen) atoms. The molecule has 0 radical (unpaired) electrons. The first-order valence-electron chi connectivity index (χ1n) is 7.12. The van der Waals surface area contributed by atoms with Gasteiger partial charge in [-0.15, -0.1) is 10.2 Å². The lowest BCUT2D eigenvalue weighted by atomic mass is 10.0. The Hall–Kier alpha value is -1.95. The molecule has 2 heterocycles. The number of rotatable bonds is 3. The van der Waals surface area contributed by atoms with Gasteiger partial charge in [0, 0.05) is 19.2 Å². The zero-order valence-electron chi connectivity index (χ0n) is 12.4. The highest BCUT2D eigenvalue weighted by Crippen LogP contribution is 2.30. The molecule has 1 aromatic carbocycles. The van der Waals surface area contributed by atoms with Crippen molar-refractivity contribution in [2.75, 3.05) is 13.7 Å². The summed E-state index contributed by atoms with van der Waals surface area (Å²) in [6, 6.07) is 4.96. The van der Waals surface area contributed by atoms with Crippen molar-refractivity contribution in [3.8, 4) is 17.1 Å². The molecular formula is C15H19FN4O. The molecule has 0 amide bonds. The molecule has 0 spiro atoms. The topological polar surface area (TPSA) is 52.0 Å². The lowest BCUT2D eigenvalue weighted by Gasteiger charge is -2.27. The van der Waals surface area contributed by atoms with E-state index in [9.17, 15) is 4.39 Å². The number of hydrogen-bond donors (Lipinski definition) is 1. The predicted octanol–water partition coefficient (Wildman–Crippen LogP) is 2.39. The average Bonchev–Trinajstić information content (AvgIpc) is 2.90. The first kappa shape index (κ1) is 14.0. The molecule has 0 aliphatic carbocycles. The van der Waals surface area contributed by atoms with Crippen LogP contribution in [0.5, 0.6) is 5.75 Å². The minimum atomic E-state index is -0.343. The molecule has 6 heteroatoms. The number of ether oxygens (including phenoxy) is 1. The molecule has 1 unspecified atom stereocenters. The summed E-state index contributed by atoms with van der Waals surface area (Å²) < 4.78 is 21.3. The smallest absolute Gasteiger partial charge is 0.167 e. The maximum absolute atomic E-state index is 14.2. The van der Waals surface area contributed by atoms with Gasteiger partial charge < -0.3 is 14.6 Å². The predicted molar refractivity (Wildman–Crippen MR) is 77.5 cm³/mol. The van der Waals surface area contributed by atoms with E-state index in [1.54, 1.807) is 12.1 Å². The van der Waals surface area contributed by atoms with Gasteiger partial charge in [0.25, 0.3) is 0 Å². The summed E-state index contributed by atoms with van der Waals surface area (Å²) in [6.45, 7) is 5.84. The fourth-order valence-electron chi connectivity index (χ4n) is 2.73. The third-order valence-electron chi connectivity index (χ3n) is 3.84. The summed E-state index contributed by atoms with van der Waals surface area (Å²) >= 11 is 0. The van der Waals surface area contributed by atoms with Gasteiger partial charge in [0.05, 0.1) is 18.7 Å². The number of nitrogens with zero attached hydrogens (tertiary/aromatic N) is 3. The number of fused-ring (bicyclic) bond motifs is 1. The lowest BCUT2D eigenvalue weighted by Crippen LogP contribution is -2.36. The largest absolute Gasteiger partial charge is 0.497 e. The summed E-state index contributed by atoms with van der Waals surface area (Å²) in [5, 5.41) is 11.9. The van der Waals surface area contributed by atoms with Gasteiger partial charge in [0.2, 0.25) is 0 Å². The molecule has 1 aliphatic heterocycles. The summed E-state index contributed by atoms with van der Waals surface area (Å²) in [7, 11) is 1.52. The van der Waals surface area contributed by atoms with E-state index >= 15 is 0 Å². The number of methoxy groups -OCH3 is 1. The van der Waals surface area contributed by atoms with E-state index in [0.717, 1.165) is 18.9 Å². The minimum Gasteiger partial charge on any atom is -0.497 e. The number of halogens is 1. The van der Waals surface area contributed by atoms with Crippen LogP contribution in [0.1, 0.15) is 25.7 Å². The van der Waals surface area contributed by atoms with E-state index in [0.29, 0.717) is 23.1 Å². The molecule has 0 saturated heterocycles. The van der Waals surface area contributed by atoms with Crippen molar-refractivity contribution >= 4 is 0 Å². The fourth-order valence-corrected chi connectivity index (χ4v) is 2.73. The van der Waals surface area contributed by atoms with Crippen molar-refractivity contribution < 1.29 is 9.13 Å². The van der Waals surface area contributed by atoms with E-state index in [2.05, 4.69) is 29.4 Å². The quantitative estimate of drug-likeness (QED) is 0.943. The average molecular weight is 290 g/mol. The molecule has 1 N–H and O–H groups in total. The van der Waals surface area contributed by atoms with Crippen LogP contribution in [0.3, 0.4) is 0 Å². The van der Waals surface area contributed by atoms with Crippen LogP contribution in [0.25, 0.3) is 11.4 Å². The van der Waals surface area contributed by atoms with Crippen molar-refractivity contribution in [2.24, 2.45) is 5.92 Å². The molecule has 0 bridgehead atoms. The second-order valence-electron chi connectivity index (χ2n) is 5.56. The second kappa shape index (κ2) is 5.44. The van der Waals surface area contributed by atoms with Gasteiger partial charge in [-0.25, -0.2) is 4.39 Å². The van der Waals surface area contributed by atoms with Gasteiger partial charge >= 0.3 is 0 Å². The third-order valence-corrected chi connectivity index (χ3v) is 3.84. The lowest BCUT2D eigenvalue weighted by molar-refractivity contribution is 0.339. The molecule has 2 aromatic rings. The normalized spacial score (nSPS) is 17.9. The Balaban J connectivity index is 2.05. The first-order chi connectivity index (χ1) is 10.1. The Morgan fingerprint density at radius 1 is 1.38 bits per heavy atom. The highest BCUT2D eigenvalue weighted by atomic mass is 19.1. The Morgan fingerprint density at radius 2 is 2.19 bits per heavy atom. The van der Waals surface area contributed by atoms with Crippen LogP contribution in [0.2, 0.25) is 0 Å². The van der Waals surface area contributed by atoms with E-state index in [-0.39, 0.29) is 11.9 Å². The first-order valence-corrected chi connectivity index (χ1v) is 7.12. The minimum absolute atomic E-state index is 0.154. The summed E-state index contributed by atoms with van der Waals surface area (Å²) in [4.78, 5) is 0. The van der Waals surface area contributed by atoms with Crippen LogP contribution in [-0.4, -0.2) is 28.4 Å². The number of benzene rings is 1. The Labute approximate surface area is 123 Å². The maximum Gasteiger partial charge on any atom is 0.167 e. The zero-order chi connectivity index (χ0) is 15.0.